The third-order valence-electron chi connectivity index (χ3n) is 3.35. The van der Waals surface area contributed by atoms with Gasteiger partial charge in [-0.05, 0) is 50.1 Å². The lowest BCUT2D eigenvalue weighted by molar-refractivity contribution is -0.386. The largest absolute Gasteiger partial charge is 0.482 e. The van der Waals surface area contributed by atoms with E-state index in [-0.39, 0.29) is 29.4 Å². The molecule has 0 fully saturated rings. The fourth-order valence-electron chi connectivity index (χ4n) is 2.05. The normalized spacial score (nSPS) is 11.3. The summed E-state index contributed by atoms with van der Waals surface area (Å²) < 4.78 is 18.4. The highest BCUT2D eigenvalue weighted by Crippen LogP contribution is 2.29. The first-order valence-electron chi connectivity index (χ1n) is 7.64. The van der Waals surface area contributed by atoms with E-state index in [0.29, 0.717) is 6.54 Å². The van der Waals surface area contributed by atoms with E-state index in [2.05, 4.69) is 5.32 Å². The molecule has 128 valence electrons. The molecule has 0 saturated carbocycles. The van der Waals surface area contributed by atoms with E-state index in [1.165, 1.54) is 18.2 Å². The van der Waals surface area contributed by atoms with Crippen LogP contribution in [0.15, 0.2) is 42.5 Å². The Morgan fingerprint density at radius 1 is 1.12 bits per heavy atom. The van der Waals surface area contributed by atoms with E-state index in [0.717, 1.165) is 11.1 Å². The van der Waals surface area contributed by atoms with Gasteiger partial charge in [0.15, 0.2) is 5.75 Å². The first-order chi connectivity index (χ1) is 11.2. The van der Waals surface area contributed by atoms with Crippen molar-refractivity contribution in [3.05, 3.63) is 69.5 Å². The van der Waals surface area contributed by atoms with Crippen LogP contribution >= 0.6 is 0 Å². The number of halogens is 1. The molecule has 0 unspecified atom stereocenters. The maximum atomic E-state index is 12.9. The second-order valence-corrected chi connectivity index (χ2v) is 6.58. The van der Waals surface area contributed by atoms with Crippen molar-refractivity contribution >= 4 is 5.69 Å². The molecular formula is C18H21FN2O3. The summed E-state index contributed by atoms with van der Waals surface area (Å²) in [5, 5.41) is 14.6. The molecule has 2 rings (SSSR count). The first kappa shape index (κ1) is 17.9. The zero-order chi connectivity index (χ0) is 17.7. The minimum atomic E-state index is -0.458. The van der Waals surface area contributed by atoms with Crippen LogP contribution < -0.4 is 10.1 Å². The lowest BCUT2D eigenvalue weighted by Gasteiger charge is -2.20. The Kier molecular flexibility index (Phi) is 5.51. The van der Waals surface area contributed by atoms with E-state index in [1.54, 1.807) is 24.3 Å². The Morgan fingerprint density at radius 3 is 2.33 bits per heavy atom. The van der Waals surface area contributed by atoms with E-state index in [4.69, 9.17) is 4.74 Å². The van der Waals surface area contributed by atoms with Gasteiger partial charge in [0.25, 0.3) is 0 Å². The second-order valence-electron chi connectivity index (χ2n) is 6.58. The number of benzene rings is 2. The Hall–Kier alpha value is -2.47. The van der Waals surface area contributed by atoms with Crippen molar-refractivity contribution in [1.82, 2.24) is 5.32 Å². The average molecular weight is 332 g/mol. The molecule has 0 aromatic heterocycles. The maximum Gasteiger partial charge on any atom is 0.311 e. The number of rotatable bonds is 6. The molecule has 0 atom stereocenters. The topological polar surface area (TPSA) is 64.4 Å². The Morgan fingerprint density at radius 2 is 1.75 bits per heavy atom. The molecule has 0 amide bonds. The summed E-state index contributed by atoms with van der Waals surface area (Å²) in [6, 6.07) is 10.7. The smallest absolute Gasteiger partial charge is 0.311 e. The van der Waals surface area contributed by atoms with E-state index < -0.39 is 4.92 Å². The summed E-state index contributed by atoms with van der Waals surface area (Å²) in [7, 11) is 0. The van der Waals surface area contributed by atoms with Crippen molar-refractivity contribution in [3.8, 4) is 5.75 Å². The van der Waals surface area contributed by atoms with Crippen molar-refractivity contribution in [2.24, 2.45) is 0 Å². The molecule has 0 spiro atoms. The number of hydrogen-bond donors (Lipinski definition) is 1. The van der Waals surface area contributed by atoms with Crippen LogP contribution in [0.1, 0.15) is 31.9 Å². The summed E-state index contributed by atoms with van der Waals surface area (Å²) in [5.41, 5.74) is 1.40. The number of nitro groups is 1. The third kappa shape index (κ3) is 5.31. The van der Waals surface area contributed by atoms with Gasteiger partial charge in [0.05, 0.1) is 4.92 Å². The van der Waals surface area contributed by atoms with Gasteiger partial charge in [0.2, 0.25) is 0 Å². The SMILES string of the molecule is CC(C)(C)NCc1ccc(OCc2ccc(F)cc2)c([N+](=O)[O-])c1. The van der Waals surface area contributed by atoms with Gasteiger partial charge in [-0.25, -0.2) is 4.39 Å². The Bertz CT molecular complexity index is 709. The predicted octanol–water partition coefficient (Wildman–Crippen LogP) is 4.20. The van der Waals surface area contributed by atoms with Gasteiger partial charge in [-0.1, -0.05) is 18.2 Å². The minimum Gasteiger partial charge on any atom is -0.482 e. The molecule has 2 aromatic carbocycles. The number of hydrogen-bond acceptors (Lipinski definition) is 4. The number of nitrogens with zero attached hydrogens (tertiary/aromatic N) is 1. The van der Waals surface area contributed by atoms with Crippen molar-refractivity contribution in [2.45, 2.75) is 39.5 Å². The first-order valence-corrected chi connectivity index (χ1v) is 7.64. The van der Waals surface area contributed by atoms with Crippen molar-refractivity contribution in [3.63, 3.8) is 0 Å². The number of ether oxygens (including phenoxy) is 1. The van der Waals surface area contributed by atoms with E-state index >= 15 is 0 Å². The van der Waals surface area contributed by atoms with Crippen LogP contribution in [0.2, 0.25) is 0 Å². The van der Waals surface area contributed by atoms with Gasteiger partial charge in [-0.2, -0.15) is 0 Å². The quantitative estimate of drug-likeness (QED) is 0.636. The minimum absolute atomic E-state index is 0.0769. The summed E-state index contributed by atoms with van der Waals surface area (Å²) >= 11 is 0. The second kappa shape index (κ2) is 7.40. The molecular weight excluding hydrogens is 311 g/mol. The van der Waals surface area contributed by atoms with E-state index in [1.807, 2.05) is 20.8 Å². The molecule has 0 radical (unpaired) electrons. The molecule has 0 bridgehead atoms. The molecule has 6 heteroatoms. The lowest BCUT2D eigenvalue weighted by Crippen LogP contribution is -2.35. The van der Waals surface area contributed by atoms with Crippen LogP contribution in [-0.4, -0.2) is 10.5 Å². The zero-order valence-electron chi connectivity index (χ0n) is 14.0. The van der Waals surface area contributed by atoms with Crippen LogP contribution in [0.3, 0.4) is 0 Å². The Labute approximate surface area is 140 Å². The number of nitro benzene ring substituents is 1. The predicted molar refractivity (Wildman–Crippen MR) is 90.4 cm³/mol. The summed E-state index contributed by atoms with van der Waals surface area (Å²) in [4.78, 5) is 10.8. The van der Waals surface area contributed by atoms with Crippen molar-refractivity contribution < 1.29 is 14.1 Å². The highest BCUT2D eigenvalue weighted by Gasteiger charge is 2.17. The van der Waals surface area contributed by atoms with Gasteiger partial charge in [0, 0.05) is 18.2 Å². The summed E-state index contributed by atoms with van der Waals surface area (Å²) in [5.74, 6) is -0.135. The van der Waals surface area contributed by atoms with Gasteiger partial charge in [0.1, 0.15) is 12.4 Å². The molecule has 0 aliphatic rings. The van der Waals surface area contributed by atoms with Crippen molar-refractivity contribution in [1.29, 1.82) is 0 Å². The van der Waals surface area contributed by atoms with Crippen molar-refractivity contribution in [2.75, 3.05) is 0 Å². The van der Waals surface area contributed by atoms with Gasteiger partial charge < -0.3 is 10.1 Å². The molecule has 2 aromatic rings. The maximum absolute atomic E-state index is 12.9. The monoisotopic (exact) mass is 332 g/mol. The average Bonchev–Trinajstić information content (AvgIpc) is 2.52. The third-order valence-corrected chi connectivity index (χ3v) is 3.35. The van der Waals surface area contributed by atoms with Crippen LogP contribution in [0, 0.1) is 15.9 Å². The highest BCUT2D eigenvalue weighted by molar-refractivity contribution is 5.48. The fourth-order valence-corrected chi connectivity index (χ4v) is 2.05. The summed E-state index contributed by atoms with van der Waals surface area (Å²) in [6.45, 7) is 6.76. The molecule has 0 saturated heterocycles. The lowest BCUT2D eigenvalue weighted by atomic mass is 10.1. The van der Waals surface area contributed by atoms with Crippen LogP contribution in [0.25, 0.3) is 0 Å². The molecule has 24 heavy (non-hydrogen) atoms. The van der Waals surface area contributed by atoms with Crippen LogP contribution in [0.5, 0.6) is 5.75 Å². The molecule has 0 aliphatic carbocycles. The molecule has 0 heterocycles. The summed E-state index contributed by atoms with van der Waals surface area (Å²) in [6.07, 6.45) is 0. The van der Waals surface area contributed by atoms with Gasteiger partial charge in [-0.3, -0.25) is 10.1 Å². The molecule has 1 N–H and O–H groups in total. The van der Waals surface area contributed by atoms with Gasteiger partial charge >= 0.3 is 5.69 Å². The highest BCUT2D eigenvalue weighted by atomic mass is 19.1. The molecule has 5 nitrogen and oxygen atoms in total. The molecule has 0 aliphatic heterocycles. The Balaban J connectivity index is 2.11. The zero-order valence-corrected chi connectivity index (χ0v) is 14.0. The standard InChI is InChI=1S/C18H21FN2O3/c1-18(2,3)20-11-14-6-9-17(16(10-14)21(22)23)24-12-13-4-7-15(19)8-5-13/h4-10,20H,11-12H2,1-3H3. The van der Waals surface area contributed by atoms with Gasteiger partial charge in [-0.15, -0.1) is 0 Å². The number of nitrogens with one attached hydrogen (secondary N) is 1. The van der Waals surface area contributed by atoms with Crippen LogP contribution in [-0.2, 0) is 13.2 Å². The fraction of sp³-hybridized carbons (Fsp3) is 0.333. The van der Waals surface area contributed by atoms with Crippen LogP contribution in [0.4, 0.5) is 10.1 Å². The van der Waals surface area contributed by atoms with E-state index in [9.17, 15) is 14.5 Å².